The van der Waals surface area contributed by atoms with E-state index in [4.69, 9.17) is 4.74 Å². The molecular weight excluding hydrogens is 373 g/mol. The first kappa shape index (κ1) is 22.0. The minimum atomic E-state index is -3.98. The Morgan fingerprint density at radius 2 is 1.59 bits per heavy atom. The summed E-state index contributed by atoms with van der Waals surface area (Å²) in [6.45, 7) is 9.91. The van der Waals surface area contributed by atoms with E-state index >= 15 is 0 Å². The summed E-state index contributed by atoms with van der Waals surface area (Å²) in [5.74, 6) is 3.65. The first-order valence-corrected chi connectivity index (χ1v) is 12.5. The zero-order chi connectivity index (χ0) is 21.0. The van der Waals surface area contributed by atoms with Crippen molar-refractivity contribution < 1.29 is 17.9 Å². The maximum absolute atomic E-state index is 13.2. The largest absolute Gasteiger partial charge is 0.391 e. The van der Waals surface area contributed by atoms with Gasteiger partial charge in [0.15, 0.2) is 0 Å². The van der Waals surface area contributed by atoms with Crippen molar-refractivity contribution in [3.05, 3.63) is 0 Å². The first-order valence-electron chi connectivity index (χ1n) is 12.5. The first-order chi connectivity index (χ1) is 13.8. The third-order valence-corrected chi connectivity index (χ3v) is 10.1. The minimum Gasteiger partial charge on any atom is -0.373 e. The Kier molecular flexibility index (Phi) is 6.08. The van der Waals surface area contributed by atoms with Crippen LogP contribution in [0, 0.1) is 52.8 Å². The number of hydrogen-bond acceptors (Lipinski definition) is 1. The SMILES string of the molecule is CC.C[C@H](C1CO1)C1CCC2C3CCC4C[C@@H](C(F)(F)F)CCC4C3CCC21C. The normalized spacial score (nSPS) is 49.8. The van der Waals surface area contributed by atoms with Gasteiger partial charge in [0.05, 0.1) is 18.6 Å². The molecule has 10 atom stereocenters. The Morgan fingerprint density at radius 1 is 0.897 bits per heavy atom. The molecule has 1 saturated heterocycles. The Balaban J connectivity index is 0.000000994. The van der Waals surface area contributed by atoms with Gasteiger partial charge in [-0.1, -0.05) is 27.7 Å². The summed E-state index contributed by atoms with van der Waals surface area (Å²) in [6.07, 6.45) is 5.65. The number of ether oxygens (including phenoxy) is 1. The molecule has 4 heteroatoms. The van der Waals surface area contributed by atoms with E-state index in [0.717, 1.165) is 37.2 Å². The molecule has 0 bridgehead atoms. The number of rotatable bonds is 2. The van der Waals surface area contributed by atoms with Gasteiger partial charge in [-0.15, -0.1) is 0 Å². The molecule has 1 heterocycles. The predicted octanol–water partition coefficient (Wildman–Crippen LogP) is 7.49. The molecule has 0 amide bonds. The number of epoxide rings is 1. The Labute approximate surface area is 175 Å². The van der Waals surface area contributed by atoms with Crippen LogP contribution < -0.4 is 0 Å². The fourth-order valence-electron chi connectivity index (χ4n) is 8.67. The summed E-state index contributed by atoms with van der Waals surface area (Å²) in [5, 5.41) is 0. The maximum atomic E-state index is 13.2. The smallest absolute Gasteiger partial charge is 0.373 e. The van der Waals surface area contributed by atoms with Gasteiger partial charge in [0.1, 0.15) is 0 Å². The van der Waals surface area contributed by atoms with E-state index in [9.17, 15) is 13.2 Å². The van der Waals surface area contributed by atoms with Crippen molar-refractivity contribution in [3.8, 4) is 0 Å². The molecule has 0 radical (unpaired) electrons. The van der Waals surface area contributed by atoms with Crippen molar-refractivity contribution in [2.75, 3.05) is 6.61 Å². The quantitative estimate of drug-likeness (QED) is 0.426. The lowest BCUT2D eigenvalue weighted by Crippen LogP contribution is -2.50. The highest BCUT2D eigenvalue weighted by molar-refractivity contribution is 5.08. The van der Waals surface area contributed by atoms with Crippen LogP contribution in [-0.2, 0) is 4.74 Å². The maximum Gasteiger partial charge on any atom is 0.391 e. The van der Waals surface area contributed by atoms with Gasteiger partial charge < -0.3 is 4.74 Å². The second-order valence-electron chi connectivity index (χ2n) is 10.9. The molecule has 4 aliphatic carbocycles. The van der Waals surface area contributed by atoms with E-state index in [1.165, 1.54) is 32.1 Å². The molecule has 0 aromatic rings. The Hall–Kier alpha value is -0.250. The van der Waals surface area contributed by atoms with Gasteiger partial charge in [0, 0.05) is 0 Å². The van der Waals surface area contributed by atoms with E-state index in [0.29, 0.717) is 48.0 Å². The molecule has 0 aromatic carbocycles. The molecule has 29 heavy (non-hydrogen) atoms. The van der Waals surface area contributed by atoms with Crippen molar-refractivity contribution in [2.24, 2.45) is 52.8 Å². The van der Waals surface area contributed by atoms with E-state index in [1.807, 2.05) is 13.8 Å². The van der Waals surface area contributed by atoms with Crippen LogP contribution in [0.5, 0.6) is 0 Å². The Bertz CT molecular complexity index is 571. The van der Waals surface area contributed by atoms with Crippen molar-refractivity contribution in [2.45, 2.75) is 97.8 Å². The van der Waals surface area contributed by atoms with Crippen LogP contribution in [0.25, 0.3) is 0 Å². The predicted molar refractivity (Wildman–Crippen MR) is 110 cm³/mol. The van der Waals surface area contributed by atoms with Crippen molar-refractivity contribution in [1.29, 1.82) is 0 Å². The summed E-state index contributed by atoms with van der Waals surface area (Å²) in [5.41, 5.74) is 0.447. The lowest BCUT2D eigenvalue weighted by Gasteiger charge is -2.57. The molecule has 168 valence electrons. The third-order valence-electron chi connectivity index (χ3n) is 10.1. The van der Waals surface area contributed by atoms with Crippen LogP contribution in [-0.4, -0.2) is 18.9 Å². The second-order valence-corrected chi connectivity index (χ2v) is 10.9. The fraction of sp³-hybridized carbons (Fsp3) is 1.00. The van der Waals surface area contributed by atoms with Crippen LogP contribution in [0.3, 0.4) is 0 Å². The van der Waals surface area contributed by atoms with Gasteiger partial charge in [0.2, 0.25) is 0 Å². The summed E-state index contributed by atoms with van der Waals surface area (Å²) in [7, 11) is 0. The van der Waals surface area contributed by atoms with Crippen LogP contribution in [0.2, 0.25) is 0 Å². The van der Waals surface area contributed by atoms with E-state index in [2.05, 4.69) is 13.8 Å². The van der Waals surface area contributed by atoms with Gasteiger partial charge in [-0.25, -0.2) is 0 Å². The zero-order valence-corrected chi connectivity index (χ0v) is 18.8. The number of fused-ring (bicyclic) bond motifs is 5. The standard InChI is InChI=1S/C23H35F3O.C2H6/c1-13(21-12-27-21)19-7-8-20-18-5-3-14-11-15(23(24,25)26)4-6-16(14)17(18)9-10-22(19,20)2;1-2/h13-21H,3-12H2,1-2H3;1-2H3/t13-,14?,15-,16?,17?,18?,19?,20?,21?,22?;/m0./s1. The zero-order valence-electron chi connectivity index (χ0n) is 18.8. The molecule has 5 fully saturated rings. The number of halogens is 3. The Morgan fingerprint density at radius 3 is 2.24 bits per heavy atom. The second kappa shape index (κ2) is 8.02. The highest BCUT2D eigenvalue weighted by Gasteiger charge is 2.59. The molecule has 0 aromatic heterocycles. The monoisotopic (exact) mass is 414 g/mol. The van der Waals surface area contributed by atoms with Gasteiger partial charge in [0.25, 0.3) is 0 Å². The minimum absolute atomic E-state index is 0.340. The summed E-state index contributed by atoms with van der Waals surface area (Å²) < 4.78 is 45.3. The lowest BCUT2D eigenvalue weighted by molar-refractivity contribution is -0.196. The topological polar surface area (TPSA) is 12.5 Å². The van der Waals surface area contributed by atoms with Crippen molar-refractivity contribution in [1.82, 2.24) is 0 Å². The average Bonchev–Trinajstić information content (AvgIpc) is 3.49. The van der Waals surface area contributed by atoms with Crippen molar-refractivity contribution >= 4 is 0 Å². The molecule has 0 N–H and O–H groups in total. The lowest BCUT2D eigenvalue weighted by atomic mass is 9.48. The van der Waals surface area contributed by atoms with E-state index in [-0.39, 0.29) is 0 Å². The number of alkyl halides is 3. The molecular formula is C25H41F3O. The molecule has 8 unspecified atom stereocenters. The van der Waals surface area contributed by atoms with Gasteiger partial charge >= 0.3 is 6.18 Å². The summed E-state index contributed by atoms with van der Waals surface area (Å²) in [6, 6.07) is 0. The van der Waals surface area contributed by atoms with Gasteiger partial charge in [-0.05, 0) is 105 Å². The average molecular weight is 415 g/mol. The van der Waals surface area contributed by atoms with Gasteiger partial charge in [-0.3, -0.25) is 0 Å². The molecule has 4 saturated carbocycles. The number of hydrogen-bond donors (Lipinski definition) is 0. The van der Waals surface area contributed by atoms with Crippen LogP contribution in [0.4, 0.5) is 13.2 Å². The summed E-state index contributed by atoms with van der Waals surface area (Å²) in [4.78, 5) is 0. The van der Waals surface area contributed by atoms with E-state index in [1.54, 1.807) is 0 Å². The van der Waals surface area contributed by atoms with Crippen LogP contribution >= 0.6 is 0 Å². The van der Waals surface area contributed by atoms with Crippen LogP contribution in [0.1, 0.15) is 85.5 Å². The fourth-order valence-corrected chi connectivity index (χ4v) is 8.67. The van der Waals surface area contributed by atoms with Crippen LogP contribution in [0.15, 0.2) is 0 Å². The van der Waals surface area contributed by atoms with Gasteiger partial charge in [-0.2, -0.15) is 13.2 Å². The molecule has 5 rings (SSSR count). The van der Waals surface area contributed by atoms with E-state index < -0.39 is 12.1 Å². The third kappa shape index (κ3) is 3.78. The molecule has 0 spiro atoms. The molecule has 1 nitrogen and oxygen atoms in total. The van der Waals surface area contributed by atoms with Crippen molar-refractivity contribution in [3.63, 3.8) is 0 Å². The highest BCUT2D eigenvalue weighted by Crippen LogP contribution is 2.66. The molecule has 5 aliphatic rings. The molecule has 1 aliphatic heterocycles. The highest BCUT2D eigenvalue weighted by atomic mass is 19.4. The summed E-state index contributed by atoms with van der Waals surface area (Å²) >= 11 is 0.